The largest absolute Gasteiger partial charge is 0.356 e. The summed E-state index contributed by atoms with van der Waals surface area (Å²) in [4.78, 5) is 11.4. The molecule has 1 amide bonds. The smallest absolute Gasteiger partial charge is 0.220 e. The van der Waals surface area contributed by atoms with Crippen LogP contribution in [0.15, 0.2) is 0 Å². The zero-order valence-electron chi connectivity index (χ0n) is 9.05. The number of piperidine rings is 1. The molecular formula is C11H20N2O. The SMILES string of the molecule is CC(C)CC(=O)NCC1C2CNCC21. The fraction of sp³-hybridized carbons (Fsp3) is 0.909. The molecule has 0 aromatic heterocycles. The van der Waals surface area contributed by atoms with Gasteiger partial charge in [-0.05, 0) is 36.8 Å². The van der Waals surface area contributed by atoms with Gasteiger partial charge in [0.2, 0.25) is 5.91 Å². The standard InChI is InChI=1S/C11H20N2O/c1-7(2)3-11(14)13-6-10-8-4-12-5-9(8)10/h7-10,12H,3-6H2,1-2H3,(H,13,14). The summed E-state index contributed by atoms with van der Waals surface area (Å²) < 4.78 is 0. The van der Waals surface area contributed by atoms with Crippen molar-refractivity contribution in [2.24, 2.45) is 23.7 Å². The van der Waals surface area contributed by atoms with Crippen molar-refractivity contribution in [2.45, 2.75) is 20.3 Å². The third-order valence-corrected chi connectivity index (χ3v) is 3.40. The summed E-state index contributed by atoms with van der Waals surface area (Å²) in [6.45, 7) is 7.39. The Hall–Kier alpha value is -0.570. The van der Waals surface area contributed by atoms with Gasteiger partial charge in [-0.2, -0.15) is 0 Å². The van der Waals surface area contributed by atoms with Gasteiger partial charge in [-0.15, -0.1) is 0 Å². The summed E-state index contributed by atoms with van der Waals surface area (Å²) in [7, 11) is 0. The van der Waals surface area contributed by atoms with E-state index in [0.29, 0.717) is 12.3 Å². The number of hydrogen-bond donors (Lipinski definition) is 2. The highest BCUT2D eigenvalue weighted by Gasteiger charge is 2.52. The Morgan fingerprint density at radius 1 is 1.43 bits per heavy atom. The van der Waals surface area contributed by atoms with E-state index in [9.17, 15) is 4.79 Å². The number of fused-ring (bicyclic) bond motifs is 1. The third-order valence-electron chi connectivity index (χ3n) is 3.40. The molecule has 0 bridgehead atoms. The number of hydrogen-bond acceptors (Lipinski definition) is 2. The van der Waals surface area contributed by atoms with Crippen LogP contribution in [-0.2, 0) is 4.79 Å². The first-order chi connectivity index (χ1) is 6.68. The van der Waals surface area contributed by atoms with Gasteiger partial charge in [-0.3, -0.25) is 4.79 Å². The van der Waals surface area contributed by atoms with E-state index in [2.05, 4.69) is 24.5 Å². The minimum atomic E-state index is 0.220. The summed E-state index contributed by atoms with van der Waals surface area (Å²) >= 11 is 0. The number of carbonyl (C=O) groups excluding carboxylic acids is 1. The normalized spacial score (nSPS) is 34.4. The number of nitrogens with one attached hydrogen (secondary N) is 2. The molecule has 0 aromatic carbocycles. The van der Waals surface area contributed by atoms with Gasteiger partial charge in [-0.25, -0.2) is 0 Å². The third kappa shape index (κ3) is 2.08. The van der Waals surface area contributed by atoms with E-state index in [1.807, 2.05) is 0 Å². The van der Waals surface area contributed by atoms with Crippen LogP contribution in [-0.4, -0.2) is 25.5 Å². The lowest BCUT2D eigenvalue weighted by Crippen LogP contribution is -2.29. The van der Waals surface area contributed by atoms with Gasteiger partial charge in [0.1, 0.15) is 0 Å². The molecule has 3 nitrogen and oxygen atoms in total. The maximum atomic E-state index is 11.4. The summed E-state index contributed by atoms with van der Waals surface area (Å²) in [5, 5.41) is 6.40. The first-order valence-electron chi connectivity index (χ1n) is 5.66. The first-order valence-corrected chi connectivity index (χ1v) is 5.66. The second-order valence-electron chi connectivity index (χ2n) is 5.05. The van der Waals surface area contributed by atoms with Gasteiger partial charge in [0.05, 0.1) is 0 Å². The van der Waals surface area contributed by atoms with Crippen LogP contribution >= 0.6 is 0 Å². The molecule has 1 heterocycles. The Labute approximate surface area is 85.6 Å². The minimum absolute atomic E-state index is 0.220. The molecule has 80 valence electrons. The lowest BCUT2D eigenvalue weighted by Gasteiger charge is -2.08. The van der Waals surface area contributed by atoms with Crippen molar-refractivity contribution in [3.63, 3.8) is 0 Å². The van der Waals surface area contributed by atoms with Crippen LogP contribution in [0, 0.1) is 23.7 Å². The summed E-state index contributed by atoms with van der Waals surface area (Å²) in [6.07, 6.45) is 0.667. The minimum Gasteiger partial charge on any atom is -0.356 e. The lowest BCUT2D eigenvalue weighted by atomic mass is 10.1. The van der Waals surface area contributed by atoms with Crippen LogP contribution < -0.4 is 10.6 Å². The Morgan fingerprint density at radius 2 is 2.07 bits per heavy atom. The van der Waals surface area contributed by atoms with Crippen LogP contribution in [0.5, 0.6) is 0 Å². The van der Waals surface area contributed by atoms with Crippen molar-refractivity contribution >= 4 is 5.91 Å². The number of amides is 1. The maximum Gasteiger partial charge on any atom is 0.220 e. The van der Waals surface area contributed by atoms with Gasteiger partial charge in [0.15, 0.2) is 0 Å². The van der Waals surface area contributed by atoms with Crippen molar-refractivity contribution in [1.82, 2.24) is 10.6 Å². The zero-order valence-corrected chi connectivity index (χ0v) is 9.05. The van der Waals surface area contributed by atoms with Crippen LogP contribution in [0.3, 0.4) is 0 Å². The van der Waals surface area contributed by atoms with E-state index in [4.69, 9.17) is 0 Å². The molecular weight excluding hydrogens is 176 g/mol. The summed E-state index contributed by atoms with van der Waals surface area (Å²) in [5.41, 5.74) is 0. The lowest BCUT2D eigenvalue weighted by molar-refractivity contribution is -0.121. The van der Waals surface area contributed by atoms with Crippen molar-refractivity contribution in [3.8, 4) is 0 Å². The molecule has 0 radical (unpaired) electrons. The monoisotopic (exact) mass is 196 g/mol. The molecule has 0 aromatic rings. The second-order valence-corrected chi connectivity index (χ2v) is 5.05. The van der Waals surface area contributed by atoms with Gasteiger partial charge in [0, 0.05) is 13.0 Å². The van der Waals surface area contributed by atoms with Crippen LogP contribution in [0.1, 0.15) is 20.3 Å². The van der Waals surface area contributed by atoms with Crippen molar-refractivity contribution in [3.05, 3.63) is 0 Å². The molecule has 0 spiro atoms. The van der Waals surface area contributed by atoms with Gasteiger partial charge >= 0.3 is 0 Å². The van der Waals surface area contributed by atoms with E-state index in [1.54, 1.807) is 0 Å². The van der Waals surface area contributed by atoms with Gasteiger partial charge in [0.25, 0.3) is 0 Å². The highest BCUT2D eigenvalue weighted by atomic mass is 16.1. The molecule has 2 aliphatic rings. The van der Waals surface area contributed by atoms with Crippen LogP contribution in [0.4, 0.5) is 0 Å². The summed E-state index contributed by atoms with van der Waals surface area (Å²) in [5.74, 6) is 3.17. The molecule has 14 heavy (non-hydrogen) atoms. The predicted molar refractivity (Wildman–Crippen MR) is 55.8 cm³/mol. The van der Waals surface area contributed by atoms with E-state index in [-0.39, 0.29) is 5.91 Å². The molecule has 3 heteroatoms. The topological polar surface area (TPSA) is 41.1 Å². The van der Waals surface area contributed by atoms with Crippen LogP contribution in [0.2, 0.25) is 0 Å². The quantitative estimate of drug-likeness (QED) is 0.692. The van der Waals surface area contributed by atoms with E-state index in [0.717, 1.165) is 37.4 Å². The molecule has 2 fully saturated rings. The molecule has 1 saturated carbocycles. The maximum absolute atomic E-state index is 11.4. The molecule has 2 atom stereocenters. The Balaban J connectivity index is 1.62. The highest BCUT2D eigenvalue weighted by Crippen LogP contribution is 2.47. The Kier molecular flexibility index (Phi) is 2.77. The van der Waals surface area contributed by atoms with Gasteiger partial charge in [-0.1, -0.05) is 13.8 Å². The average Bonchev–Trinajstić information content (AvgIpc) is 2.57. The highest BCUT2D eigenvalue weighted by molar-refractivity contribution is 5.76. The molecule has 2 unspecified atom stereocenters. The van der Waals surface area contributed by atoms with Crippen molar-refractivity contribution in [1.29, 1.82) is 0 Å². The molecule has 2 N–H and O–H groups in total. The van der Waals surface area contributed by atoms with E-state index >= 15 is 0 Å². The predicted octanol–water partition coefficient (Wildman–Crippen LogP) is 0.614. The summed E-state index contributed by atoms with van der Waals surface area (Å²) in [6, 6.07) is 0. The second kappa shape index (κ2) is 3.89. The molecule has 1 aliphatic heterocycles. The van der Waals surface area contributed by atoms with E-state index in [1.165, 1.54) is 0 Å². The first kappa shape index (κ1) is 9.97. The van der Waals surface area contributed by atoms with E-state index < -0.39 is 0 Å². The number of carbonyl (C=O) groups is 1. The van der Waals surface area contributed by atoms with Crippen molar-refractivity contribution < 1.29 is 4.79 Å². The van der Waals surface area contributed by atoms with Gasteiger partial charge < -0.3 is 10.6 Å². The van der Waals surface area contributed by atoms with Crippen molar-refractivity contribution in [2.75, 3.05) is 19.6 Å². The molecule has 1 aliphatic carbocycles. The Bertz CT molecular complexity index is 217. The zero-order chi connectivity index (χ0) is 10.1. The molecule has 2 rings (SSSR count). The number of rotatable bonds is 4. The fourth-order valence-corrected chi connectivity index (χ4v) is 2.52. The Morgan fingerprint density at radius 3 is 2.64 bits per heavy atom. The molecule has 1 saturated heterocycles. The average molecular weight is 196 g/mol. The van der Waals surface area contributed by atoms with Crippen LogP contribution in [0.25, 0.3) is 0 Å². The fourth-order valence-electron chi connectivity index (χ4n) is 2.52.